The van der Waals surface area contributed by atoms with Crippen LogP contribution >= 0.6 is 0 Å². The van der Waals surface area contributed by atoms with Gasteiger partial charge in [0.2, 0.25) is 0 Å². The van der Waals surface area contributed by atoms with Crippen LogP contribution in [0.4, 0.5) is 51.2 Å². The van der Waals surface area contributed by atoms with Gasteiger partial charge in [-0.05, 0) is 233 Å². The highest BCUT2D eigenvalue weighted by Gasteiger charge is 2.52. The molecule has 0 aromatic heterocycles. The molecule has 4 aliphatic heterocycles. The molecular formula is C109H103B2N3O. The van der Waals surface area contributed by atoms with Gasteiger partial charge >= 0.3 is 0 Å². The van der Waals surface area contributed by atoms with Crippen molar-refractivity contribution < 1.29 is 4.74 Å². The smallest absolute Gasteiger partial charge is 0.256 e. The molecule has 19 rings (SSSR count). The predicted octanol–water partition coefficient (Wildman–Crippen LogP) is 25.3. The highest BCUT2D eigenvalue weighted by Crippen LogP contribution is 2.61. The topological polar surface area (TPSA) is 19.0 Å². The molecule has 6 heteroatoms. The molecule has 0 spiro atoms. The Morgan fingerprint density at radius 3 is 1.21 bits per heavy atom. The van der Waals surface area contributed by atoms with E-state index in [0.29, 0.717) is 0 Å². The van der Waals surface area contributed by atoms with E-state index in [1.165, 1.54) is 127 Å². The van der Waals surface area contributed by atoms with Gasteiger partial charge < -0.3 is 19.4 Å². The summed E-state index contributed by atoms with van der Waals surface area (Å²) in [5.41, 5.74) is 37.9. The molecule has 566 valence electrons. The number of hydrogen-bond donors (Lipinski definition) is 0. The molecular weight excluding hydrogens is 1390 g/mol. The molecule has 0 unspecified atom stereocenters. The van der Waals surface area contributed by atoms with Crippen molar-refractivity contribution in [2.75, 3.05) is 14.7 Å². The van der Waals surface area contributed by atoms with Crippen LogP contribution in [0.5, 0.6) is 11.5 Å². The zero-order chi connectivity index (χ0) is 79.9. The fourth-order valence-corrected chi connectivity index (χ4v) is 19.5. The fraction of sp³-hybridized carbons (Fsp3) is 0.229. The van der Waals surface area contributed by atoms with E-state index in [-0.39, 0.29) is 45.9 Å². The van der Waals surface area contributed by atoms with Crippen LogP contribution in [-0.2, 0) is 37.9 Å². The monoisotopic (exact) mass is 1490 g/mol. The Hall–Kier alpha value is -11.6. The lowest BCUT2D eigenvalue weighted by molar-refractivity contribution is 0.479. The van der Waals surface area contributed by atoms with Crippen molar-refractivity contribution >= 4 is 97.4 Å². The van der Waals surface area contributed by atoms with Gasteiger partial charge in [0.25, 0.3) is 13.4 Å². The highest BCUT2D eigenvalue weighted by atomic mass is 16.5. The van der Waals surface area contributed by atoms with Gasteiger partial charge in [-0.1, -0.05) is 343 Å². The van der Waals surface area contributed by atoms with E-state index in [2.05, 4.69) is 437 Å². The van der Waals surface area contributed by atoms with E-state index in [4.69, 9.17) is 4.74 Å². The minimum absolute atomic E-state index is 0.132. The molecule has 0 saturated carbocycles. The van der Waals surface area contributed by atoms with E-state index < -0.39 is 5.41 Å². The molecule has 0 N–H and O–H groups in total. The van der Waals surface area contributed by atoms with Crippen LogP contribution in [0.25, 0.3) is 44.5 Å². The van der Waals surface area contributed by atoms with E-state index in [0.717, 1.165) is 68.1 Å². The van der Waals surface area contributed by atoms with Crippen LogP contribution in [0.15, 0.2) is 297 Å². The second-order valence-electron chi connectivity index (χ2n) is 39.3. The molecule has 1 aliphatic carbocycles. The third kappa shape index (κ3) is 11.8. The average molecular weight is 1490 g/mol. The van der Waals surface area contributed by atoms with E-state index in [1.54, 1.807) is 0 Å². The molecule has 0 amide bonds. The Labute approximate surface area is 683 Å². The van der Waals surface area contributed by atoms with Gasteiger partial charge in [-0.2, -0.15) is 0 Å². The third-order valence-corrected chi connectivity index (χ3v) is 25.7. The lowest BCUT2D eigenvalue weighted by atomic mass is 9.30. The quantitative estimate of drug-likeness (QED) is 0.141. The van der Waals surface area contributed by atoms with E-state index >= 15 is 0 Å². The van der Waals surface area contributed by atoms with Crippen molar-refractivity contribution in [3.8, 4) is 56.0 Å². The second kappa shape index (κ2) is 26.2. The van der Waals surface area contributed by atoms with Gasteiger partial charge in [0, 0.05) is 50.9 Å². The minimum Gasteiger partial charge on any atom is -0.458 e. The maximum atomic E-state index is 7.64. The van der Waals surface area contributed by atoms with Crippen LogP contribution in [0.3, 0.4) is 0 Å². The van der Waals surface area contributed by atoms with Crippen molar-refractivity contribution in [2.24, 2.45) is 0 Å². The third-order valence-electron chi connectivity index (χ3n) is 25.7. The lowest BCUT2D eigenvalue weighted by Gasteiger charge is -2.47. The first-order valence-corrected chi connectivity index (χ1v) is 41.6. The Morgan fingerprint density at radius 2 is 0.652 bits per heavy atom. The van der Waals surface area contributed by atoms with Crippen molar-refractivity contribution in [2.45, 2.75) is 163 Å². The minimum atomic E-state index is -0.711. The Kier molecular flexibility index (Phi) is 16.8. The first-order valence-electron chi connectivity index (χ1n) is 41.6. The van der Waals surface area contributed by atoms with E-state index in [1.807, 2.05) is 0 Å². The van der Waals surface area contributed by atoms with Crippen molar-refractivity contribution in [1.82, 2.24) is 0 Å². The number of benzene rings is 14. The number of anilines is 9. The molecule has 0 fully saturated rings. The summed E-state index contributed by atoms with van der Waals surface area (Å²) in [5.74, 6) is 1.82. The molecule has 115 heavy (non-hydrogen) atoms. The number of hydrogen-bond acceptors (Lipinski definition) is 4. The van der Waals surface area contributed by atoms with Gasteiger partial charge in [-0.25, -0.2) is 0 Å². The summed E-state index contributed by atoms with van der Waals surface area (Å²) in [4.78, 5) is 8.11. The molecule has 0 atom stereocenters. The van der Waals surface area contributed by atoms with Crippen LogP contribution in [0, 0.1) is 0 Å². The number of fused-ring (bicyclic) bond motifs is 11. The fourth-order valence-electron chi connectivity index (χ4n) is 19.5. The van der Waals surface area contributed by atoms with Crippen molar-refractivity contribution in [3.05, 3.63) is 353 Å². The molecule has 14 aromatic carbocycles. The Balaban J connectivity index is 1.00. The molecule has 0 saturated heterocycles. The SMILES string of the molecule is CC(C)(C)c1cccc(N2c3cc4c(cc3B3c5ccc(C(C)(C)C)cc5N(c5ccc(C(C)(C)C)cc5-c5ccccc5)c5cc(-c6cccc7c6C(c6ccccc6)(c6ccccc6)c6ccccc6-7)cc2c53)B2c3ccc(C(C)(C)C)cc3Oc3cc(C(C)(C)C)cc(c32)N4c2ccc(C(C)(C)C)cc2-c2ccccc2)c1. The predicted molar refractivity (Wildman–Crippen MR) is 492 cm³/mol. The van der Waals surface area contributed by atoms with Crippen LogP contribution in [0.2, 0.25) is 0 Å². The van der Waals surface area contributed by atoms with Crippen molar-refractivity contribution in [3.63, 3.8) is 0 Å². The summed E-state index contributed by atoms with van der Waals surface area (Å²) < 4.78 is 7.64. The van der Waals surface area contributed by atoms with Crippen molar-refractivity contribution in [1.29, 1.82) is 0 Å². The molecule has 4 heterocycles. The molecule has 4 nitrogen and oxygen atoms in total. The highest BCUT2D eigenvalue weighted by molar-refractivity contribution is 7.02. The Morgan fingerprint density at radius 1 is 0.243 bits per heavy atom. The molecule has 0 bridgehead atoms. The zero-order valence-corrected chi connectivity index (χ0v) is 70.2. The van der Waals surface area contributed by atoms with Gasteiger partial charge in [-0.3, -0.25) is 0 Å². The summed E-state index contributed by atoms with van der Waals surface area (Å²) >= 11 is 0. The number of nitrogens with zero attached hydrogens (tertiary/aromatic N) is 3. The average Bonchev–Trinajstić information content (AvgIpc) is 1.17. The molecule has 0 radical (unpaired) electrons. The maximum Gasteiger partial charge on any atom is 0.256 e. The standard InChI is InChI=1S/C109H103B2N3O/c1-103(2,3)73-43-33-44-79(59-73)112-93-67-94-89(111-87-54-50-77(107(13,14)15)64-98(87)115-99-65-78(108(16,17)18)63-97(102(99)111)114(94)91-56-52-75(105(7,8)9)61-84(91)69-37-25-20-26-38-69)66-88(93)110-86-53-49-76(106(10,11)12)62-92(86)113(90-55-51-74(104(4,5)6)60-83(90)68-35-23-19-24-36-68)96-58-70(57-95(112)101(96)110)80-46-34-47-82-81-45-31-32-48-85(81)109(100(80)82,71-39-27-21-28-40-71)72-41-29-22-30-42-72/h19-67H,1-18H3. The summed E-state index contributed by atoms with van der Waals surface area (Å²) in [6.07, 6.45) is 0. The van der Waals surface area contributed by atoms with Gasteiger partial charge in [0.05, 0.1) is 16.8 Å². The summed E-state index contributed by atoms with van der Waals surface area (Å²) in [7, 11) is 0. The molecule has 14 aromatic rings. The van der Waals surface area contributed by atoms with Crippen LogP contribution < -0.4 is 52.2 Å². The van der Waals surface area contributed by atoms with Gasteiger partial charge in [0.15, 0.2) is 0 Å². The Bertz CT molecular complexity index is 6230. The number of ether oxygens (including phenoxy) is 1. The number of rotatable bonds is 8. The van der Waals surface area contributed by atoms with E-state index in [9.17, 15) is 0 Å². The largest absolute Gasteiger partial charge is 0.458 e. The normalized spacial score (nSPS) is 14.4. The molecule has 5 aliphatic rings. The van der Waals surface area contributed by atoms with Gasteiger partial charge in [0.1, 0.15) is 11.5 Å². The van der Waals surface area contributed by atoms with Crippen LogP contribution in [0.1, 0.15) is 180 Å². The summed E-state index contributed by atoms with van der Waals surface area (Å²) in [6, 6.07) is 116. The zero-order valence-electron chi connectivity index (χ0n) is 70.2. The second-order valence-corrected chi connectivity index (χ2v) is 39.3. The first-order chi connectivity index (χ1) is 54.8. The lowest BCUT2D eigenvalue weighted by Crippen LogP contribution is -2.64. The first kappa shape index (κ1) is 73.6. The summed E-state index contributed by atoms with van der Waals surface area (Å²) in [6.45, 7) is 41.8. The van der Waals surface area contributed by atoms with Gasteiger partial charge in [-0.15, -0.1) is 0 Å². The maximum absolute atomic E-state index is 7.64. The summed E-state index contributed by atoms with van der Waals surface area (Å²) in [5, 5.41) is 0. The van der Waals surface area contributed by atoms with Crippen LogP contribution in [-0.4, -0.2) is 13.4 Å².